The number of thiophene rings is 1. The lowest BCUT2D eigenvalue weighted by Gasteiger charge is -2.16. The Hall–Kier alpha value is -1.36. The van der Waals surface area contributed by atoms with Crippen LogP contribution < -0.4 is 0 Å². The van der Waals surface area contributed by atoms with Crippen LogP contribution in [0.5, 0.6) is 0 Å². The Balaban J connectivity index is 2.01. The van der Waals surface area contributed by atoms with Crippen LogP contribution in [0.25, 0.3) is 0 Å². The SMILES string of the molecule is CN(Cc1ccc(Cl)cc1)Cc1ccsc1C(=O)O. The van der Waals surface area contributed by atoms with E-state index in [-0.39, 0.29) is 0 Å². The third kappa shape index (κ3) is 3.80. The number of benzene rings is 1. The number of hydrogen-bond donors (Lipinski definition) is 1. The molecule has 1 aromatic carbocycles. The summed E-state index contributed by atoms with van der Waals surface area (Å²) in [6.07, 6.45) is 0. The normalized spacial score (nSPS) is 10.9. The molecule has 1 N–H and O–H groups in total. The van der Waals surface area contributed by atoms with Crippen molar-refractivity contribution in [2.24, 2.45) is 0 Å². The monoisotopic (exact) mass is 295 g/mol. The Bertz CT molecular complexity index is 565. The molecule has 3 nitrogen and oxygen atoms in total. The van der Waals surface area contributed by atoms with Crippen molar-refractivity contribution in [2.45, 2.75) is 13.1 Å². The average Bonchev–Trinajstić information content (AvgIpc) is 2.80. The highest BCUT2D eigenvalue weighted by molar-refractivity contribution is 7.12. The average molecular weight is 296 g/mol. The highest BCUT2D eigenvalue weighted by Crippen LogP contribution is 2.19. The molecule has 0 amide bonds. The molecule has 5 heteroatoms. The van der Waals surface area contributed by atoms with Crippen molar-refractivity contribution in [3.63, 3.8) is 0 Å². The van der Waals surface area contributed by atoms with Crippen molar-refractivity contribution in [1.29, 1.82) is 0 Å². The third-order valence-corrected chi connectivity index (χ3v) is 3.94. The molecule has 0 fully saturated rings. The van der Waals surface area contributed by atoms with Crippen molar-refractivity contribution >= 4 is 28.9 Å². The largest absolute Gasteiger partial charge is 0.477 e. The fraction of sp³-hybridized carbons (Fsp3) is 0.214. The van der Waals surface area contributed by atoms with Crippen LogP contribution in [0.4, 0.5) is 0 Å². The molecule has 0 spiro atoms. The van der Waals surface area contributed by atoms with Crippen LogP contribution in [0, 0.1) is 0 Å². The quantitative estimate of drug-likeness (QED) is 0.913. The van der Waals surface area contributed by atoms with Gasteiger partial charge < -0.3 is 5.11 Å². The summed E-state index contributed by atoms with van der Waals surface area (Å²) in [6.45, 7) is 1.37. The lowest BCUT2D eigenvalue weighted by atomic mass is 10.2. The molecule has 0 aliphatic rings. The van der Waals surface area contributed by atoms with Gasteiger partial charge in [-0.1, -0.05) is 23.7 Å². The Morgan fingerprint density at radius 1 is 1.26 bits per heavy atom. The molecule has 0 saturated heterocycles. The minimum atomic E-state index is -0.857. The molecule has 0 aliphatic heterocycles. The van der Waals surface area contributed by atoms with Crippen LogP contribution >= 0.6 is 22.9 Å². The second-order valence-electron chi connectivity index (χ2n) is 4.38. The number of rotatable bonds is 5. The van der Waals surface area contributed by atoms with Crippen molar-refractivity contribution in [1.82, 2.24) is 4.90 Å². The van der Waals surface area contributed by atoms with Crippen LogP contribution in [0.15, 0.2) is 35.7 Å². The molecular formula is C14H14ClNO2S. The van der Waals surface area contributed by atoms with Gasteiger partial charge in [0, 0.05) is 18.1 Å². The number of carboxylic acid groups (broad SMARTS) is 1. The molecule has 0 saturated carbocycles. The minimum Gasteiger partial charge on any atom is -0.477 e. The zero-order valence-electron chi connectivity index (χ0n) is 10.5. The number of carboxylic acids is 1. The molecule has 0 bridgehead atoms. The molecule has 1 heterocycles. The second kappa shape index (κ2) is 6.19. The molecule has 0 aliphatic carbocycles. The van der Waals surface area contributed by atoms with Gasteiger partial charge in [0.15, 0.2) is 0 Å². The van der Waals surface area contributed by atoms with Gasteiger partial charge in [-0.25, -0.2) is 4.79 Å². The summed E-state index contributed by atoms with van der Waals surface area (Å²) in [5, 5.41) is 11.6. The van der Waals surface area contributed by atoms with Crippen molar-refractivity contribution in [3.8, 4) is 0 Å². The first-order chi connectivity index (χ1) is 9.06. The van der Waals surface area contributed by atoms with E-state index in [1.165, 1.54) is 11.3 Å². The molecule has 0 atom stereocenters. The van der Waals surface area contributed by atoms with E-state index in [9.17, 15) is 4.79 Å². The van der Waals surface area contributed by atoms with Gasteiger partial charge in [-0.15, -0.1) is 11.3 Å². The van der Waals surface area contributed by atoms with Gasteiger partial charge in [-0.3, -0.25) is 4.90 Å². The number of hydrogen-bond acceptors (Lipinski definition) is 3. The van der Waals surface area contributed by atoms with Crippen molar-refractivity contribution in [2.75, 3.05) is 7.05 Å². The minimum absolute atomic E-state index is 0.419. The second-order valence-corrected chi connectivity index (χ2v) is 5.73. The number of aromatic carboxylic acids is 1. The third-order valence-electron chi connectivity index (χ3n) is 2.75. The maximum Gasteiger partial charge on any atom is 0.346 e. The summed E-state index contributed by atoms with van der Waals surface area (Å²) >= 11 is 7.11. The first-order valence-corrected chi connectivity index (χ1v) is 7.04. The van der Waals surface area contributed by atoms with Crippen LogP contribution in [0.1, 0.15) is 20.8 Å². The van der Waals surface area contributed by atoms with Gasteiger partial charge in [0.05, 0.1) is 0 Å². The van der Waals surface area contributed by atoms with Gasteiger partial charge in [0.1, 0.15) is 4.88 Å². The van der Waals surface area contributed by atoms with Crippen molar-refractivity contribution < 1.29 is 9.90 Å². The van der Waals surface area contributed by atoms with Crippen LogP contribution in [0.3, 0.4) is 0 Å². The fourth-order valence-electron chi connectivity index (χ4n) is 1.90. The Labute approximate surface area is 121 Å². The maximum absolute atomic E-state index is 11.0. The fourth-order valence-corrected chi connectivity index (χ4v) is 2.78. The van der Waals surface area contributed by atoms with Crippen LogP contribution in [-0.4, -0.2) is 23.0 Å². The van der Waals surface area contributed by atoms with Crippen LogP contribution in [0.2, 0.25) is 5.02 Å². The zero-order valence-corrected chi connectivity index (χ0v) is 12.0. The molecule has 1 aromatic heterocycles. The highest BCUT2D eigenvalue weighted by atomic mass is 35.5. The first kappa shape index (κ1) is 14.1. The van der Waals surface area contributed by atoms with E-state index in [1.54, 1.807) is 0 Å². The predicted octanol–water partition coefficient (Wildman–Crippen LogP) is 3.73. The van der Waals surface area contributed by atoms with E-state index in [1.807, 2.05) is 42.8 Å². The first-order valence-electron chi connectivity index (χ1n) is 5.79. The van der Waals surface area contributed by atoms with E-state index in [2.05, 4.69) is 4.90 Å². The van der Waals surface area contributed by atoms with Gasteiger partial charge in [0.2, 0.25) is 0 Å². The predicted molar refractivity (Wildman–Crippen MR) is 77.9 cm³/mol. The van der Waals surface area contributed by atoms with Gasteiger partial charge >= 0.3 is 5.97 Å². The lowest BCUT2D eigenvalue weighted by molar-refractivity contribution is 0.0700. The topological polar surface area (TPSA) is 40.5 Å². The molecule has 100 valence electrons. The van der Waals surface area contributed by atoms with E-state index in [0.717, 1.165) is 22.7 Å². The number of halogens is 1. The molecule has 2 aromatic rings. The van der Waals surface area contributed by atoms with E-state index >= 15 is 0 Å². The lowest BCUT2D eigenvalue weighted by Crippen LogP contribution is -2.18. The summed E-state index contributed by atoms with van der Waals surface area (Å²) < 4.78 is 0. The van der Waals surface area contributed by atoms with Crippen LogP contribution in [-0.2, 0) is 13.1 Å². The summed E-state index contributed by atoms with van der Waals surface area (Å²) in [6, 6.07) is 9.54. The summed E-state index contributed by atoms with van der Waals surface area (Å²) in [7, 11) is 1.97. The van der Waals surface area contributed by atoms with Crippen molar-refractivity contribution in [3.05, 3.63) is 56.7 Å². The Morgan fingerprint density at radius 2 is 1.95 bits per heavy atom. The maximum atomic E-state index is 11.0. The summed E-state index contributed by atoms with van der Waals surface area (Å²) in [4.78, 5) is 13.5. The Morgan fingerprint density at radius 3 is 2.58 bits per heavy atom. The zero-order chi connectivity index (χ0) is 13.8. The van der Waals surface area contributed by atoms with E-state index in [0.29, 0.717) is 11.4 Å². The molecule has 2 rings (SSSR count). The summed E-state index contributed by atoms with van der Waals surface area (Å²) in [5.41, 5.74) is 2.01. The molecule has 0 unspecified atom stereocenters. The summed E-state index contributed by atoms with van der Waals surface area (Å²) in [5.74, 6) is -0.857. The van der Waals surface area contributed by atoms with Gasteiger partial charge in [-0.05, 0) is 41.8 Å². The molecular weight excluding hydrogens is 282 g/mol. The number of carbonyl (C=O) groups is 1. The smallest absolute Gasteiger partial charge is 0.346 e. The Kier molecular flexibility index (Phi) is 4.58. The molecule has 19 heavy (non-hydrogen) atoms. The standard InChI is InChI=1S/C14H14ClNO2S/c1-16(8-10-2-4-12(15)5-3-10)9-11-6-7-19-13(11)14(17)18/h2-7H,8-9H2,1H3,(H,17,18). The molecule has 0 radical (unpaired) electrons. The van der Waals surface area contributed by atoms with Gasteiger partial charge in [0.25, 0.3) is 0 Å². The van der Waals surface area contributed by atoms with E-state index < -0.39 is 5.97 Å². The number of nitrogens with zero attached hydrogens (tertiary/aromatic N) is 1. The van der Waals surface area contributed by atoms with Gasteiger partial charge in [-0.2, -0.15) is 0 Å². The highest BCUT2D eigenvalue weighted by Gasteiger charge is 2.13. The van der Waals surface area contributed by atoms with E-state index in [4.69, 9.17) is 16.7 Å².